The lowest BCUT2D eigenvalue weighted by Gasteiger charge is -2.01. The van der Waals surface area contributed by atoms with Crippen LogP contribution in [0, 0.1) is 11.8 Å². The number of thiazole rings is 1. The number of rotatable bonds is 4. The third kappa shape index (κ3) is 4.85. The molecular weight excluding hydrogens is 306 g/mol. The first-order chi connectivity index (χ1) is 10.2. The SMILES string of the molecule is CCCCC#Cc1cncc(C(=O)Nc2ncc(Cl)s2)c1. The van der Waals surface area contributed by atoms with Crippen LogP contribution in [0.15, 0.2) is 24.7 Å². The van der Waals surface area contributed by atoms with Crippen molar-refractivity contribution < 1.29 is 4.79 Å². The summed E-state index contributed by atoms with van der Waals surface area (Å²) < 4.78 is 0.527. The molecule has 0 aliphatic heterocycles. The zero-order valence-electron chi connectivity index (χ0n) is 11.5. The molecule has 0 saturated heterocycles. The standard InChI is InChI=1S/C15H14ClN3OS/c1-2-3-4-5-6-11-7-12(9-17-8-11)14(20)19-15-18-10-13(16)21-15/h7-10H,2-4H2,1H3,(H,18,19,20). The summed E-state index contributed by atoms with van der Waals surface area (Å²) in [5, 5.41) is 3.14. The number of aromatic nitrogens is 2. The fourth-order valence-electron chi connectivity index (χ4n) is 1.54. The number of hydrogen-bond donors (Lipinski definition) is 1. The Bertz CT molecular complexity index is 687. The van der Waals surface area contributed by atoms with Gasteiger partial charge in [-0.05, 0) is 12.5 Å². The summed E-state index contributed by atoms with van der Waals surface area (Å²) in [6.07, 6.45) is 7.69. The third-order valence-corrected chi connectivity index (χ3v) is 3.62. The minimum Gasteiger partial charge on any atom is -0.298 e. The molecule has 2 heterocycles. The zero-order chi connectivity index (χ0) is 15.1. The molecule has 2 aromatic heterocycles. The number of unbranched alkanes of at least 4 members (excludes halogenated alkanes) is 2. The van der Waals surface area contributed by atoms with Gasteiger partial charge in [0, 0.05) is 24.4 Å². The number of carbonyl (C=O) groups is 1. The quantitative estimate of drug-likeness (QED) is 0.685. The largest absolute Gasteiger partial charge is 0.298 e. The van der Waals surface area contributed by atoms with Crippen molar-refractivity contribution in [2.75, 3.05) is 5.32 Å². The molecule has 0 aliphatic carbocycles. The van der Waals surface area contributed by atoms with Crippen LogP contribution in [-0.4, -0.2) is 15.9 Å². The molecule has 4 nitrogen and oxygen atoms in total. The highest BCUT2D eigenvalue weighted by atomic mass is 35.5. The fourth-order valence-corrected chi connectivity index (χ4v) is 2.35. The molecule has 0 radical (unpaired) electrons. The van der Waals surface area contributed by atoms with Gasteiger partial charge in [0.25, 0.3) is 5.91 Å². The molecule has 0 bridgehead atoms. The van der Waals surface area contributed by atoms with Crippen molar-refractivity contribution in [2.45, 2.75) is 26.2 Å². The monoisotopic (exact) mass is 319 g/mol. The predicted octanol–water partition coefficient (Wildman–Crippen LogP) is 3.99. The first kappa shape index (κ1) is 15.5. The topological polar surface area (TPSA) is 54.9 Å². The van der Waals surface area contributed by atoms with Crippen molar-refractivity contribution in [1.82, 2.24) is 9.97 Å². The third-order valence-electron chi connectivity index (χ3n) is 2.59. The van der Waals surface area contributed by atoms with E-state index in [0.717, 1.165) is 24.8 Å². The van der Waals surface area contributed by atoms with Crippen LogP contribution in [-0.2, 0) is 0 Å². The lowest BCUT2D eigenvalue weighted by molar-refractivity contribution is 0.102. The van der Waals surface area contributed by atoms with Crippen LogP contribution in [0.3, 0.4) is 0 Å². The highest BCUT2D eigenvalue weighted by Crippen LogP contribution is 2.22. The number of carbonyl (C=O) groups excluding carboxylic acids is 1. The molecular formula is C15H14ClN3OS. The maximum Gasteiger partial charge on any atom is 0.259 e. The molecule has 2 aromatic rings. The van der Waals surface area contributed by atoms with Crippen molar-refractivity contribution in [3.63, 3.8) is 0 Å². The maximum atomic E-state index is 12.1. The number of amides is 1. The lowest BCUT2D eigenvalue weighted by Crippen LogP contribution is -2.12. The van der Waals surface area contributed by atoms with Gasteiger partial charge in [-0.1, -0.05) is 48.1 Å². The number of pyridine rings is 1. The average molecular weight is 320 g/mol. The van der Waals surface area contributed by atoms with E-state index in [4.69, 9.17) is 11.6 Å². The van der Waals surface area contributed by atoms with E-state index in [1.54, 1.807) is 12.3 Å². The van der Waals surface area contributed by atoms with E-state index in [0.29, 0.717) is 15.0 Å². The Morgan fingerprint density at radius 1 is 1.43 bits per heavy atom. The molecule has 0 unspecified atom stereocenters. The van der Waals surface area contributed by atoms with Crippen LogP contribution in [0.5, 0.6) is 0 Å². The molecule has 1 N–H and O–H groups in total. The molecule has 2 rings (SSSR count). The van der Waals surface area contributed by atoms with Crippen molar-refractivity contribution in [3.8, 4) is 11.8 Å². The second-order valence-electron chi connectivity index (χ2n) is 4.29. The van der Waals surface area contributed by atoms with E-state index in [-0.39, 0.29) is 5.91 Å². The Hall–Kier alpha value is -1.90. The zero-order valence-corrected chi connectivity index (χ0v) is 13.1. The van der Waals surface area contributed by atoms with E-state index in [1.807, 2.05) is 0 Å². The van der Waals surface area contributed by atoms with Crippen molar-refractivity contribution in [2.24, 2.45) is 0 Å². The van der Waals surface area contributed by atoms with Crippen LogP contribution < -0.4 is 5.32 Å². The van der Waals surface area contributed by atoms with Crippen LogP contribution >= 0.6 is 22.9 Å². The molecule has 0 spiro atoms. The van der Waals surface area contributed by atoms with Gasteiger partial charge in [0.05, 0.1) is 11.8 Å². The van der Waals surface area contributed by atoms with Crippen LogP contribution in [0.4, 0.5) is 5.13 Å². The summed E-state index contributed by atoms with van der Waals surface area (Å²) >= 11 is 6.98. The highest BCUT2D eigenvalue weighted by Gasteiger charge is 2.09. The van der Waals surface area contributed by atoms with Gasteiger partial charge in [0.15, 0.2) is 5.13 Å². The molecule has 21 heavy (non-hydrogen) atoms. The summed E-state index contributed by atoms with van der Waals surface area (Å²) in [5.41, 5.74) is 1.18. The second-order valence-corrected chi connectivity index (χ2v) is 5.95. The maximum absolute atomic E-state index is 12.1. The average Bonchev–Trinajstić information content (AvgIpc) is 2.89. The summed E-state index contributed by atoms with van der Waals surface area (Å²) in [4.78, 5) is 20.1. The van der Waals surface area contributed by atoms with Crippen molar-refractivity contribution in [1.29, 1.82) is 0 Å². The molecule has 0 aliphatic rings. The van der Waals surface area contributed by atoms with Crippen LogP contribution in [0.1, 0.15) is 42.1 Å². The van der Waals surface area contributed by atoms with Crippen molar-refractivity contribution in [3.05, 3.63) is 40.1 Å². The van der Waals surface area contributed by atoms with Gasteiger partial charge in [0.2, 0.25) is 0 Å². The Labute approximate surface area is 132 Å². The smallest absolute Gasteiger partial charge is 0.259 e. The van der Waals surface area contributed by atoms with E-state index in [2.05, 4.69) is 34.0 Å². The Balaban J connectivity index is 2.05. The summed E-state index contributed by atoms with van der Waals surface area (Å²) in [7, 11) is 0. The highest BCUT2D eigenvalue weighted by molar-refractivity contribution is 7.19. The number of halogens is 1. The van der Waals surface area contributed by atoms with Gasteiger partial charge in [-0.2, -0.15) is 0 Å². The normalized spacial score (nSPS) is 9.81. The van der Waals surface area contributed by atoms with Gasteiger partial charge in [0.1, 0.15) is 4.34 Å². The molecule has 0 atom stereocenters. The first-order valence-electron chi connectivity index (χ1n) is 6.55. The minimum absolute atomic E-state index is 0.272. The fraction of sp³-hybridized carbons (Fsp3) is 0.267. The van der Waals surface area contributed by atoms with Gasteiger partial charge in [-0.3, -0.25) is 15.1 Å². The predicted molar refractivity (Wildman–Crippen MR) is 85.7 cm³/mol. The summed E-state index contributed by atoms with van der Waals surface area (Å²) in [5.74, 6) is 5.82. The molecule has 108 valence electrons. The van der Waals surface area contributed by atoms with Crippen LogP contribution in [0.25, 0.3) is 0 Å². The van der Waals surface area contributed by atoms with E-state index in [9.17, 15) is 4.79 Å². The summed E-state index contributed by atoms with van der Waals surface area (Å²) in [6.45, 7) is 2.12. The molecule has 0 fully saturated rings. The number of nitrogens with one attached hydrogen (secondary N) is 1. The van der Waals surface area contributed by atoms with Crippen molar-refractivity contribution >= 4 is 34.0 Å². The van der Waals surface area contributed by atoms with Gasteiger partial charge >= 0.3 is 0 Å². The summed E-state index contributed by atoms with van der Waals surface area (Å²) in [6, 6.07) is 1.72. The van der Waals surface area contributed by atoms with E-state index < -0.39 is 0 Å². The number of anilines is 1. The first-order valence-corrected chi connectivity index (χ1v) is 7.75. The number of nitrogens with zero attached hydrogens (tertiary/aromatic N) is 2. The van der Waals surface area contributed by atoms with Gasteiger partial charge in [-0.15, -0.1) is 0 Å². The molecule has 0 saturated carbocycles. The molecule has 1 amide bonds. The Kier molecular flexibility index (Phi) is 5.73. The minimum atomic E-state index is -0.272. The van der Waals surface area contributed by atoms with Gasteiger partial charge < -0.3 is 0 Å². The van der Waals surface area contributed by atoms with E-state index >= 15 is 0 Å². The van der Waals surface area contributed by atoms with Crippen LogP contribution in [0.2, 0.25) is 4.34 Å². The molecule has 6 heteroatoms. The second kappa shape index (κ2) is 7.77. The van der Waals surface area contributed by atoms with Gasteiger partial charge in [-0.25, -0.2) is 4.98 Å². The Morgan fingerprint density at radius 3 is 3.00 bits per heavy atom. The lowest BCUT2D eigenvalue weighted by atomic mass is 10.2. The molecule has 0 aromatic carbocycles. The Morgan fingerprint density at radius 2 is 2.29 bits per heavy atom. The van der Waals surface area contributed by atoms with E-state index in [1.165, 1.54) is 23.7 Å². The number of hydrogen-bond acceptors (Lipinski definition) is 4.